The highest BCUT2D eigenvalue weighted by molar-refractivity contribution is 7.89. The predicted molar refractivity (Wildman–Crippen MR) is 82.6 cm³/mol. The van der Waals surface area contributed by atoms with E-state index < -0.39 is 10.0 Å². The topological polar surface area (TPSA) is 75.2 Å². The van der Waals surface area contributed by atoms with Crippen LogP contribution in [0.4, 0.5) is 5.95 Å². The Bertz CT molecular complexity index is 549. The van der Waals surface area contributed by atoms with Crippen molar-refractivity contribution in [3.05, 3.63) is 12.4 Å². The van der Waals surface area contributed by atoms with Crippen LogP contribution in [0.5, 0.6) is 0 Å². The first-order chi connectivity index (χ1) is 9.96. The third-order valence-corrected chi connectivity index (χ3v) is 5.93. The largest absolute Gasteiger partial charge is 0.354 e. The molecule has 2 atom stereocenters. The van der Waals surface area contributed by atoms with Crippen LogP contribution in [0.25, 0.3) is 0 Å². The highest BCUT2D eigenvalue weighted by atomic mass is 32.2. The lowest BCUT2D eigenvalue weighted by atomic mass is 10.0. The summed E-state index contributed by atoms with van der Waals surface area (Å²) in [5.41, 5.74) is 0. The van der Waals surface area contributed by atoms with Gasteiger partial charge < -0.3 is 5.32 Å². The minimum atomic E-state index is -3.52. The van der Waals surface area contributed by atoms with Crippen LogP contribution in [-0.2, 0) is 10.0 Å². The van der Waals surface area contributed by atoms with Gasteiger partial charge in [0.15, 0.2) is 0 Å². The van der Waals surface area contributed by atoms with Crippen molar-refractivity contribution in [3.63, 3.8) is 0 Å². The van der Waals surface area contributed by atoms with Crippen molar-refractivity contribution >= 4 is 16.0 Å². The molecule has 0 aliphatic carbocycles. The number of hydrogen-bond acceptors (Lipinski definition) is 5. The van der Waals surface area contributed by atoms with Gasteiger partial charge in [-0.05, 0) is 33.1 Å². The van der Waals surface area contributed by atoms with Gasteiger partial charge in [0.1, 0.15) is 4.90 Å². The molecule has 0 aromatic carbocycles. The maximum atomic E-state index is 12.8. The number of aromatic nitrogens is 2. The maximum absolute atomic E-state index is 12.8. The molecule has 2 heterocycles. The zero-order valence-corrected chi connectivity index (χ0v) is 13.7. The van der Waals surface area contributed by atoms with Crippen molar-refractivity contribution in [2.45, 2.75) is 63.4 Å². The van der Waals surface area contributed by atoms with Crippen LogP contribution in [0, 0.1) is 0 Å². The lowest BCUT2D eigenvalue weighted by Gasteiger charge is -2.37. The average Bonchev–Trinajstić information content (AvgIpc) is 2.45. The quantitative estimate of drug-likeness (QED) is 0.902. The second kappa shape index (κ2) is 6.70. The number of nitrogens with one attached hydrogen (secondary N) is 1. The van der Waals surface area contributed by atoms with Crippen LogP contribution in [0.1, 0.15) is 46.5 Å². The van der Waals surface area contributed by atoms with Crippen molar-refractivity contribution < 1.29 is 8.42 Å². The number of hydrogen-bond donors (Lipinski definition) is 1. The van der Waals surface area contributed by atoms with Gasteiger partial charge in [-0.1, -0.05) is 13.3 Å². The Hall–Kier alpha value is -1.21. The first-order valence-electron chi connectivity index (χ1n) is 7.56. The SMILES string of the molecule is CCCNc1ncc(S(=O)(=O)N2C(C)CCCC2C)cn1. The van der Waals surface area contributed by atoms with E-state index >= 15 is 0 Å². The first kappa shape index (κ1) is 16.2. The van der Waals surface area contributed by atoms with Crippen LogP contribution < -0.4 is 5.32 Å². The molecule has 1 aromatic heterocycles. The smallest absolute Gasteiger partial charge is 0.246 e. The molecule has 6 nitrogen and oxygen atoms in total. The highest BCUT2D eigenvalue weighted by Gasteiger charge is 2.35. The summed E-state index contributed by atoms with van der Waals surface area (Å²) in [6.07, 6.45) is 6.64. The summed E-state index contributed by atoms with van der Waals surface area (Å²) in [5, 5.41) is 3.04. The molecular weight excluding hydrogens is 288 g/mol. The first-order valence-corrected chi connectivity index (χ1v) is 9.00. The summed E-state index contributed by atoms with van der Waals surface area (Å²) < 4.78 is 27.1. The molecule has 1 saturated heterocycles. The van der Waals surface area contributed by atoms with E-state index in [2.05, 4.69) is 15.3 Å². The van der Waals surface area contributed by atoms with Gasteiger partial charge in [0.2, 0.25) is 16.0 Å². The summed E-state index contributed by atoms with van der Waals surface area (Å²) in [6, 6.07) is 0.0493. The van der Waals surface area contributed by atoms with Crippen molar-refractivity contribution in [2.24, 2.45) is 0 Å². The Morgan fingerprint density at radius 3 is 2.33 bits per heavy atom. The Morgan fingerprint density at radius 1 is 1.24 bits per heavy atom. The highest BCUT2D eigenvalue weighted by Crippen LogP contribution is 2.29. The van der Waals surface area contributed by atoms with Crippen LogP contribution >= 0.6 is 0 Å². The number of nitrogens with zero attached hydrogens (tertiary/aromatic N) is 3. The zero-order chi connectivity index (χ0) is 15.5. The average molecular weight is 312 g/mol. The van der Waals surface area contributed by atoms with Crippen molar-refractivity contribution in [1.82, 2.24) is 14.3 Å². The summed E-state index contributed by atoms with van der Waals surface area (Å²) >= 11 is 0. The molecule has 2 rings (SSSR count). The molecule has 1 fully saturated rings. The molecule has 21 heavy (non-hydrogen) atoms. The fourth-order valence-corrected chi connectivity index (χ4v) is 4.54. The molecule has 1 aromatic rings. The van der Waals surface area contributed by atoms with Crippen molar-refractivity contribution in [1.29, 1.82) is 0 Å². The van der Waals surface area contributed by atoms with Gasteiger partial charge in [0.05, 0.1) is 12.4 Å². The number of sulfonamides is 1. The minimum Gasteiger partial charge on any atom is -0.354 e. The van der Waals surface area contributed by atoms with Gasteiger partial charge in [0, 0.05) is 18.6 Å². The van der Waals surface area contributed by atoms with E-state index in [9.17, 15) is 8.42 Å². The molecule has 7 heteroatoms. The van der Waals surface area contributed by atoms with Crippen molar-refractivity contribution in [3.8, 4) is 0 Å². The fourth-order valence-electron chi connectivity index (χ4n) is 2.77. The van der Waals surface area contributed by atoms with E-state index in [1.54, 1.807) is 4.31 Å². The number of piperidine rings is 1. The Balaban J connectivity index is 2.22. The Morgan fingerprint density at radius 2 is 1.81 bits per heavy atom. The normalized spacial score (nSPS) is 24.0. The van der Waals surface area contributed by atoms with Gasteiger partial charge in [-0.15, -0.1) is 0 Å². The molecule has 0 spiro atoms. The van der Waals surface area contributed by atoms with Gasteiger partial charge in [-0.3, -0.25) is 0 Å². The molecule has 1 aliphatic heterocycles. The van der Waals surface area contributed by atoms with E-state index in [1.165, 1.54) is 12.4 Å². The monoisotopic (exact) mass is 312 g/mol. The van der Waals surface area contributed by atoms with Gasteiger partial charge in [0.25, 0.3) is 0 Å². The summed E-state index contributed by atoms with van der Waals surface area (Å²) in [4.78, 5) is 8.37. The molecule has 118 valence electrons. The van der Waals surface area contributed by atoms with E-state index in [4.69, 9.17) is 0 Å². The molecule has 0 bridgehead atoms. The van der Waals surface area contributed by atoms with Gasteiger partial charge in [-0.25, -0.2) is 18.4 Å². The van der Waals surface area contributed by atoms with Crippen LogP contribution in [0.3, 0.4) is 0 Å². The number of rotatable bonds is 5. The minimum absolute atomic E-state index is 0.0247. The standard InChI is InChI=1S/C14H24N4O2S/c1-4-8-15-14-16-9-13(10-17-14)21(19,20)18-11(2)6-5-7-12(18)3/h9-12H,4-8H2,1-3H3,(H,15,16,17). The third kappa shape index (κ3) is 3.52. The van der Waals surface area contributed by atoms with E-state index in [0.717, 1.165) is 32.2 Å². The summed E-state index contributed by atoms with van der Waals surface area (Å²) in [5.74, 6) is 0.468. The van der Waals surface area contributed by atoms with Crippen molar-refractivity contribution in [2.75, 3.05) is 11.9 Å². The second-order valence-electron chi connectivity index (χ2n) is 5.63. The van der Waals surface area contributed by atoms with E-state index in [1.807, 2.05) is 20.8 Å². The molecular formula is C14H24N4O2S. The zero-order valence-electron chi connectivity index (χ0n) is 12.9. The third-order valence-electron chi connectivity index (χ3n) is 3.85. The molecule has 0 saturated carbocycles. The van der Waals surface area contributed by atoms with E-state index in [0.29, 0.717) is 5.95 Å². The van der Waals surface area contributed by atoms with Crippen LogP contribution in [-0.4, -0.2) is 41.3 Å². The lowest BCUT2D eigenvalue weighted by molar-refractivity contribution is 0.204. The van der Waals surface area contributed by atoms with Crippen LogP contribution in [0.2, 0.25) is 0 Å². The Kier molecular flexibility index (Phi) is 5.16. The molecule has 0 amide bonds. The summed E-state index contributed by atoms with van der Waals surface area (Å²) in [7, 11) is -3.52. The second-order valence-corrected chi connectivity index (χ2v) is 7.48. The fraction of sp³-hybridized carbons (Fsp3) is 0.714. The van der Waals surface area contributed by atoms with Crippen LogP contribution in [0.15, 0.2) is 17.3 Å². The van der Waals surface area contributed by atoms with Gasteiger partial charge in [-0.2, -0.15) is 4.31 Å². The molecule has 1 N–H and O–H groups in total. The number of anilines is 1. The lowest BCUT2D eigenvalue weighted by Crippen LogP contribution is -2.47. The maximum Gasteiger partial charge on any atom is 0.246 e. The molecule has 1 aliphatic rings. The molecule has 0 radical (unpaired) electrons. The molecule has 2 unspecified atom stereocenters. The summed E-state index contributed by atoms with van der Waals surface area (Å²) in [6.45, 7) is 6.74. The van der Waals surface area contributed by atoms with Gasteiger partial charge >= 0.3 is 0 Å². The van der Waals surface area contributed by atoms with E-state index in [-0.39, 0.29) is 17.0 Å². The Labute approximate surface area is 127 Å². The predicted octanol–water partition coefficient (Wildman–Crippen LogP) is 2.25.